The molecular formula is C10H14F3N3O2. The van der Waals surface area contributed by atoms with E-state index in [4.69, 9.17) is 10.3 Å². The molecule has 3 N–H and O–H groups in total. The maximum atomic E-state index is 12.0. The van der Waals surface area contributed by atoms with Crippen LogP contribution in [0.4, 0.5) is 13.2 Å². The second-order valence-corrected chi connectivity index (χ2v) is 3.85. The lowest BCUT2D eigenvalue weighted by Crippen LogP contribution is -2.31. The van der Waals surface area contributed by atoms with Crippen molar-refractivity contribution >= 4 is 5.91 Å². The topological polar surface area (TPSA) is 71.5 Å². The molecule has 0 fully saturated rings. The molecule has 1 heterocycles. The molecule has 0 radical (unpaired) electrons. The second kappa shape index (κ2) is 5.87. The molecule has 18 heavy (non-hydrogen) atoms. The Bertz CT molecular complexity index is 403. The van der Waals surface area contributed by atoms with E-state index in [-0.39, 0.29) is 18.8 Å². The van der Waals surface area contributed by atoms with Gasteiger partial charge >= 0.3 is 12.1 Å². The van der Waals surface area contributed by atoms with Crippen molar-refractivity contribution in [2.45, 2.75) is 19.1 Å². The van der Waals surface area contributed by atoms with Gasteiger partial charge < -0.3 is 9.32 Å². The minimum absolute atomic E-state index is 0.0105. The first-order valence-corrected chi connectivity index (χ1v) is 5.16. The van der Waals surface area contributed by atoms with Crippen LogP contribution < -0.4 is 11.3 Å². The van der Waals surface area contributed by atoms with E-state index in [0.29, 0.717) is 5.56 Å². The van der Waals surface area contributed by atoms with E-state index in [2.05, 4.69) is 0 Å². The zero-order chi connectivity index (χ0) is 13.8. The third-order valence-corrected chi connectivity index (χ3v) is 2.30. The highest BCUT2D eigenvalue weighted by atomic mass is 19.4. The highest BCUT2D eigenvalue weighted by molar-refractivity contribution is 5.92. The lowest BCUT2D eigenvalue weighted by Gasteiger charge is -2.17. The van der Waals surface area contributed by atoms with Gasteiger partial charge in [-0.25, -0.2) is 5.84 Å². The van der Waals surface area contributed by atoms with E-state index in [1.54, 1.807) is 0 Å². The molecule has 0 aliphatic carbocycles. The van der Waals surface area contributed by atoms with Crippen LogP contribution in [0.25, 0.3) is 0 Å². The van der Waals surface area contributed by atoms with Gasteiger partial charge in [0.15, 0.2) is 5.76 Å². The SMILES string of the molecule is CN(CCC(F)(F)F)Cc1ccoc1C(=O)NN. The molecule has 1 amide bonds. The Morgan fingerprint density at radius 1 is 1.56 bits per heavy atom. The smallest absolute Gasteiger partial charge is 0.390 e. The number of hydrogen-bond acceptors (Lipinski definition) is 4. The average Bonchev–Trinajstić information content (AvgIpc) is 2.72. The first-order chi connectivity index (χ1) is 8.33. The number of nitrogens with two attached hydrogens (primary N) is 1. The van der Waals surface area contributed by atoms with Crippen LogP contribution in [-0.4, -0.2) is 30.6 Å². The van der Waals surface area contributed by atoms with Gasteiger partial charge in [-0.1, -0.05) is 0 Å². The van der Waals surface area contributed by atoms with Gasteiger partial charge in [0.05, 0.1) is 12.7 Å². The van der Waals surface area contributed by atoms with Gasteiger partial charge in [0.1, 0.15) is 0 Å². The van der Waals surface area contributed by atoms with E-state index < -0.39 is 18.5 Å². The fourth-order valence-electron chi connectivity index (χ4n) is 1.41. The molecule has 1 rings (SSSR count). The maximum absolute atomic E-state index is 12.0. The van der Waals surface area contributed by atoms with Crippen molar-refractivity contribution in [2.75, 3.05) is 13.6 Å². The first kappa shape index (κ1) is 14.5. The summed E-state index contributed by atoms with van der Waals surface area (Å²) in [4.78, 5) is 12.7. The van der Waals surface area contributed by atoms with Crippen LogP contribution in [0.2, 0.25) is 0 Å². The Hall–Kier alpha value is -1.54. The van der Waals surface area contributed by atoms with Crippen LogP contribution in [0.3, 0.4) is 0 Å². The minimum Gasteiger partial charge on any atom is -0.459 e. The van der Waals surface area contributed by atoms with Crippen molar-refractivity contribution in [3.05, 3.63) is 23.7 Å². The lowest BCUT2D eigenvalue weighted by molar-refractivity contribution is -0.137. The Balaban J connectivity index is 2.57. The lowest BCUT2D eigenvalue weighted by atomic mass is 10.2. The molecule has 0 aliphatic rings. The van der Waals surface area contributed by atoms with Crippen molar-refractivity contribution in [1.29, 1.82) is 0 Å². The van der Waals surface area contributed by atoms with Gasteiger partial charge in [-0.15, -0.1) is 0 Å². The van der Waals surface area contributed by atoms with Gasteiger partial charge in [0.2, 0.25) is 0 Å². The number of rotatable bonds is 5. The monoisotopic (exact) mass is 265 g/mol. The number of hydrogen-bond donors (Lipinski definition) is 2. The number of nitrogen functional groups attached to an aromatic ring is 1. The molecule has 1 aromatic rings. The molecule has 0 aromatic carbocycles. The first-order valence-electron chi connectivity index (χ1n) is 5.16. The van der Waals surface area contributed by atoms with Gasteiger partial charge in [0, 0.05) is 18.7 Å². The van der Waals surface area contributed by atoms with Crippen LogP contribution in [0.1, 0.15) is 22.5 Å². The predicted molar refractivity (Wildman–Crippen MR) is 57.4 cm³/mol. The molecule has 102 valence electrons. The van der Waals surface area contributed by atoms with E-state index in [1.807, 2.05) is 5.43 Å². The van der Waals surface area contributed by atoms with Crippen molar-refractivity contribution in [3.63, 3.8) is 0 Å². The Morgan fingerprint density at radius 2 is 2.22 bits per heavy atom. The number of nitrogens with zero attached hydrogens (tertiary/aromatic N) is 1. The summed E-state index contributed by atoms with van der Waals surface area (Å²) in [5, 5.41) is 0. The average molecular weight is 265 g/mol. The van der Waals surface area contributed by atoms with Gasteiger partial charge in [-0.05, 0) is 13.1 Å². The summed E-state index contributed by atoms with van der Waals surface area (Å²) in [6.45, 7) is 0.0215. The van der Waals surface area contributed by atoms with Crippen LogP contribution in [0.15, 0.2) is 16.7 Å². The number of halogens is 3. The molecule has 1 aromatic heterocycles. The molecule has 0 saturated heterocycles. The molecule has 0 atom stereocenters. The Labute approximate surface area is 102 Å². The number of amides is 1. The number of carbonyl (C=O) groups is 1. The number of furan rings is 1. The summed E-state index contributed by atoms with van der Waals surface area (Å²) in [5.74, 6) is 4.36. The number of carbonyl (C=O) groups excluding carboxylic acids is 1. The molecule has 0 saturated carbocycles. The quantitative estimate of drug-likeness (QED) is 0.478. The van der Waals surface area contributed by atoms with E-state index >= 15 is 0 Å². The second-order valence-electron chi connectivity index (χ2n) is 3.85. The summed E-state index contributed by atoms with van der Waals surface area (Å²) in [7, 11) is 1.53. The van der Waals surface area contributed by atoms with Crippen molar-refractivity contribution in [2.24, 2.45) is 5.84 Å². The van der Waals surface area contributed by atoms with Gasteiger partial charge in [-0.3, -0.25) is 10.2 Å². The highest BCUT2D eigenvalue weighted by Crippen LogP contribution is 2.20. The molecule has 0 spiro atoms. The van der Waals surface area contributed by atoms with Crippen LogP contribution in [-0.2, 0) is 6.54 Å². The minimum atomic E-state index is -4.19. The Morgan fingerprint density at radius 3 is 2.78 bits per heavy atom. The predicted octanol–water partition coefficient (Wildman–Crippen LogP) is 1.27. The van der Waals surface area contributed by atoms with E-state index in [1.165, 1.54) is 24.3 Å². The van der Waals surface area contributed by atoms with Gasteiger partial charge in [0.25, 0.3) is 0 Å². The molecule has 0 unspecified atom stereocenters. The van der Waals surface area contributed by atoms with Crippen LogP contribution in [0, 0.1) is 0 Å². The summed E-state index contributed by atoms with van der Waals surface area (Å²) >= 11 is 0. The fourth-order valence-corrected chi connectivity index (χ4v) is 1.41. The maximum Gasteiger partial charge on any atom is 0.390 e. The summed E-state index contributed by atoms with van der Waals surface area (Å²) in [6.07, 6.45) is -3.81. The fraction of sp³-hybridized carbons (Fsp3) is 0.500. The normalized spacial score (nSPS) is 11.9. The van der Waals surface area contributed by atoms with Gasteiger partial charge in [-0.2, -0.15) is 13.2 Å². The Kier molecular flexibility index (Phi) is 4.74. The molecule has 0 bridgehead atoms. The van der Waals surface area contributed by atoms with Crippen LogP contribution >= 0.6 is 0 Å². The number of alkyl halides is 3. The number of hydrazine groups is 1. The molecule has 5 nitrogen and oxygen atoms in total. The van der Waals surface area contributed by atoms with E-state index in [0.717, 1.165) is 0 Å². The van der Waals surface area contributed by atoms with E-state index in [9.17, 15) is 18.0 Å². The summed E-state index contributed by atoms with van der Waals surface area (Å²) in [6, 6.07) is 1.52. The van der Waals surface area contributed by atoms with Crippen molar-refractivity contribution < 1.29 is 22.4 Å². The zero-order valence-electron chi connectivity index (χ0n) is 9.75. The molecular weight excluding hydrogens is 251 g/mol. The third-order valence-electron chi connectivity index (χ3n) is 2.30. The summed E-state index contributed by atoms with van der Waals surface area (Å²) < 4.78 is 41.0. The summed E-state index contributed by atoms with van der Waals surface area (Å²) in [5.41, 5.74) is 2.39. The number of nitrogens with one attached hydrogen (secondary N) is 1. The van der Waals surface area contributed by atoms with Crippen molar-refractivity contribution in [1.82, 2.24) is 10.3 Å². The molecule has 0 aliphatic heterocycles. The zero-order valence-corrected chi connectivity index (χ0v) is 9.75. The largest absolute Gasteiger partial charge is 0.459 e. The third kappa shape index (κ3) is 4.38. The van der Waals surface area contributed by atoms with Crippen molar-refractivity contribution in [3.8, 4) is 0 Å². The standard InChI is InChI=1S/C10H14F3N3O2/c1-16(4-3-10(11,12)13)6-7-2-5-18-8(7)9(17)15-14/h2,5H,3-4,6,14H2,1H3,(H,15,17). The van der Waals surface area contributed by atoms with Crippen LogP contribution in [0.5, 0.6) is 0 Å². The molecule has 8 heteroatoms. The highest BCUT2D eigenvalue weighted by Gasteiger charge is 2.27.